The van der Waals surface area contributed by atoms with Crippen molar-refractivity contribution in [2.45, 2.75) is 30.9 Å². The third-order valence-electron chi connectivity index (χ3n) is 5.32. The lowest BCUT2D eigenvalue weighted by atomic mass is 10.1. The van der Waals surface area contributed by atoms with E-state index >= 15 is 0 Å². The second-order valence-electron chi connectivity index (χ2n) is 8.23. The number of aromatic nitrogens is 1. The van der Waals surface area contributed by atoms with E-state index in [1.54, 1.807) is 12.1 Å². The Morgan fingerprint density at radius 2 is 1.71 bits per heavy atom. The van der Waals surface area contributed by atoms with Crippen molar-refractivity contribution in [3.05, 3.63) is 77.9 Å². The van der Waals surface area contributed by atoms with Crippen LogP contribution in [0, 0.1) is 5.82 Å². The average Bonchev–Trinajstić information content (AvgIpc) is 2.82. The molecule has 178 valence electrons. The zero-order valence-electron chi connectivity index (χ0n) is 19.3. The summed E-state index contributed by atoms with van der Waals surface area (Å²) in [6.45, 7) is 3.80. The van der Waals surface area contributed by atoms with E-state index in [1.807, 2.05) is 26.0 Å². The van der Waals surface area contributed by atoms with E-state index in [9.17, 15) is 12.8 Å². The predicted molar refractivity (Wildman–Crippen MR) is 127 cm³/mol. The number of rotatable bonds is 7. The minimum absolute atomic E-state index is 0.00239. The molecular weight excluding hydrogens is 459 g/mol. The third kappa shape index (κ3) is 4.70. The molecule has 0 spiro atoms. The summed E-state index contributed by atoms with van der Waals surface area (Å²) < 4.78 is 58.7. The first-order valence-electron chi connectivity index (χ1n) is 10.5. The molecule has 2 aromatic carbocycles. The van der Waals surface area contributed by atoms with Crippen LogP contribution in [0.5, 0.6) is 17.2 Å². The van der Waals surface area contributed by atoms with Crippen molar-refractivity contribution < 1.29 is 27.0 Å². The molecule has 0 aliphatic carbocycles. The fourth-order valence-electron chi connectivity index (χ4n) is 3.57. The number of fused-ring (bicyclic) bond motifs is 1. The summed E-state index contributed by atoms with van der Waals surface area (Å²) in [6.07, 6.45) is 3.75. The number of hydrogen-bond acceptors (Lipinski definition) is 6. The number of sulfonamides is 1. The van der Waals surface area contributed by atoms with E-state index in [2.05, 4.69) is 4.98 Å². The summed E-state index contributed by atoms with van der Waals surface area (Å²) in [5, 5.41) is 0. The Kier molecular flexibility index (Phi) is 6.22. The molecule has 4 rings (SSSR count). The number of halogens is 1. The van der Waals surface area contributed by atoms with E-state index in [0.717, 1.165) is 0 Å². The summed E-state index contributed by atoms with van der Waals surface area (Å²) >= 11 is 0. The van der Waals surface area contributed by atoms with Crippen LogP contribution >= 0.6 is 0 Å². The van der Waals surface area contributed by atoms with Gasteiger partial charge in [0.1, 0.15) is 22.9 Å². The topological polar surface area (TPSA) is 78.0 Å². The number of nitrogens with zero attached hydrogens (tertiary/aromatic N) is 2. The Morgan fingerprint density at radius 1 is 1.00 bits per heavy atom. The van der Waals surface area contributed by atoms with Crippen molar-refractivity contribution in [1.82, 2.24) is 4.98 Å². The molecule has 0 saturated carbocycles. The summed E-state index contributed by atoms with van der Waals surface area (Å²) in [7, 11) is -1.18. The van der Waals surface area contributed by atoms with Crippen LogP contribution in [0.2, 0.25) is 0 Å². The smallest absolute Gasteiger partial charge is 0.264 e. The van der Waals surface area contributed by atoms with Crippen molar-refractivity contribution in [3.8, 4) is 17.2 Å². The molecule has 0 N–H and O–H groups in total. The molecule has 9 heteroatoms. The van der Waals surface area contributed by atoms with Crippen LogP contribution < -0.4 is 18.5 Å². The van der Waals surface area contributed by atoms with E-state index < -0.39 is 21.4 Å². The van der Waals surface area contributed by atoms with Crippen LogP contribution in [0.4, 0.5) is 10.1 Å². The Hall–Kier alpha value is -3.59. The van der Waals surface area contributed by atoms with Gasteiger partial charge in [-0.25, -0.2) is 17.8 Å². The average molecular weight is 485 g/mol. The molecule has 2 heterocycles. The lowest BCUT2D eigenvalue weighted by Crippen LogP contribution is -2.31. The molecule has 7 nitrogen and oxygen atoms in total. The van der Waals surface area contributed by atoms with Gasteiger partial charge in [0, 0.05) is 6.07 Å². The lowest BCUT2D eigenvalue weighted by Gasteiger charge is -2.28. The van der Waals surface area contributed by atoms with Gasteiger partial charge >= 0.3 is 0 Å². The van der Waals surface area contributed by atoms with Gasteiger partial charge in [-0.2, -0.15) is 0 Å². The normalized spacial score (nSPS) is 14.1. The molecule has 1 aliphatic heterocycles. The van der Waals surface area contributed by atoms with Gasteiger partial charge < -0.3 is 14.2 Å². The largest absolute Gasteiger partial charge is 0.493 e. The van der Waals surface area contributed by atoms with Crippen molar-refractivity contribution >= 4 is 21.8 Å². The summed E-state index contributed by atoms with van der Waals surface area (Å²) in [5.74, 6) is 0.830. The predicted octanol–water partition coefficient (Wildman–Crippen LogP) is 4.82. The molecule has 0 atom stereocenters. The maximum atomic E-state index is 13.7. The van der Waals surface area contributed by atoms with Gasteiger partial charge in [-0.05, 0) is 74.5 Å². The highest BCUT2D eigenvalue weighted by Crippen LogP contribution is 2.34. The third-order valence-corrected chi connectivity index (χ3v) is 7.09. The number of methoxy groups -OCH3 is 2. The monoisotopic (exact) mass is 484 g/mol. The number of ether oxygens (including phenoxy) is 3. The fraction of sp³-hybridized carbons (Fsp3) is 0.240. The molecule has 0 bridgehead atoms. The highest BCUT2D eigenvalue weighted by atomic mass is 32.2. The summed E-state index contributed by atoms with van der Waals surface area (Å²) in [4.78, 5) is 4.59. The zero-order chi connectivity index (χ0) is 24.5. The Labute approximate surface area is 198 Å². The van der Waals surface area contributed by atoms with Crippen molar-refractivity contribution in [3.63, 3.8) is 0 Å². The molecule has 1 aliphatic rings. The molecule has 3 aromatic rings. The maximum absolute atomic E-state index is 13.7. The van der Waals surface area contributed by atoms with Crippen LogP contribution in [0.15, 0.2) is 65.6 Å². The second-order valence-corrected chi connectivity index (χ2v) is 10.1. The Morgan fingerprint density at radius 3 is 2.38 bits per heavy atom. The molecule has 1 aromatic heterocycles. The van der Waals surface area contributed by atoms with Crippen LogP contribution in [-0.2, 0) is 16.6 Å². The quantitative estimate of drug-likeness (QED) is 0.479. The molecule has 0 fully saturated rings. The maximum Gasteiger partial charge on any atom is 0.264 e. The van der Waals surface area contributed by atoms with Crippen LogP contribution in [0.25, 0.3) is 6.08 Å². The van der Waals surface area contributed by atoms with E-state index in [1.165, 1.54) is 61.0 Å². The Bertz CT molecular complexity index is 1340. The first kappa shape index (κ1) is 23.6. The first-order chi connectivity index (χ1) is 16.1. The minimum atomic E-state index is -4.08. The lowest BCUT2D eigenvalue weighted by molar-refractivity contribution is 0.158. The van der Waals surface area contributed by atoms with Crippen molar-refractivity contribution in [1.29, 1.82) is 0 Å². The highest BCUT2D eigenvalue weighted by molar-refractivity contribution is 7.92. The molecular formula is C25H25FN2O5S. The molecule has 0 radical (unpaired) electrons. The van der Waals surface area contributed by atoms with E-state index in [0.29, 0.717) is 28.6 Å². The minimum Gasteiger partial charge on any atom is -0.493 e. The molecule has 34 heavy (non-hydrogen) atoms. The zero-order valence-corrected chi connectivity index (χ0v) is 20.1. The van der Waals surface area contributed by atoms with E-state index in [-0.39, 0.29) is 17.2 Å². The molecule has 0 saturated heterocycles. The van der Waals surface area contributed by atoms with Gasteiger partial charge in [0.25, 0.3) is 10.0 Å². The number of pyridine rings is 1. The van der Waals surface area contributed by atoms with Crippen LogP contribution in [0.1, 0.15) is 25.2 Å². The second kappa shape index (κ2) is 8.98. The van der Waals surface area contributed by atoms with Crippen molar-refractivity contribution in [2.75, 3.05) is 18.5 Å². The van der Waals surface area contributed by atoms with Gasteiger partial charge in [0.05, 0.1) is 37.0 Å². The van der Waals surface area contributed by atoms with E-state index in [4.69, 9.17) is 14.2 Å². The first-order valence-corrected chi connectivity index (χ1v) is 12.0. The number of anilines is 1. The van der Waals surface area contributed by atoms with Crippen molar-refractivity contribution in [2.24, 2.45) is 0 Å². The van der Waals surface area contributed by atoms with Crippen LogP contribution in [-0.4, -0.2) is 33.2 Å². The fourth-order valence-corrected chi connectivity index (χ4v) is 5.02. The summed E-state index contributed by atoms with van der Waals surface area (Å²) in [5.41, 5.74) is 0.954. The number of benzene rings is 2. The summed E-state index contributed by atoms with van der Waals surface area (Å²) in [6, 6.07) is 13.1. The van der Waals surface area contributed by atoms with Crippen LogP contribution in [0.3, 0.4) is 0 Å². The molecule has 0 amide bonds. The SMILES string of the molecule is COc1ccc(S(=O)(=O)N(Cc2ccc3c(n2)C=CC(C)(C)O3)c2ccc(F)cc2)cc1OC. The Balaban J connectivity index is 1.76. The van der Waals surface area contributed by atoms with Gasteiger partial charge in [-0.3, -0.25) is 4.31 Å². The van der Waals surface area contributed by atoms with Gasteiger partial charge in [0.2, 0.25) is 0 Å². The highest BCUT2D eigenvalue weighted by Gasteiger charge is 2.28. The van der Waals surface area contributed by atoms with Gasteiger partial charge in [0.15, 0.2) is 11.5 Å². The van der Waals surface area contributed by atoms with Gasteiger partial charge in [-0.15, -0.1) is 0 Å². The molecule has 0 unspecified atom stereocenters. The van der Waals surface area contributed by atoms with Gasteiger partial charge in [-0.1, -0.05) is 0 Å². The number of hydrogen-bond donors (Lipinski definition) is 0. The standard InChI is InChI=1S/C25H25FN2O5S/c1-25(2)14-13-21-22(33-25)11-7-18(27-21)16-28(19-8-5-17(26)6-9-19)34(29,30)20-10-12-23(31-3)24(15-20)32-4/h5-15H,16H2,1-4H3.